The summed E-state index contributed by atoms with van der Waals surface area (Å²) >= 11 is 0. The van der Waals surface area contributed by atoms with Gasteiger partial charge in [-0.3, -0.25) is 0 Å². The van der Waals surface area contributed by atoms with Crippen molar-refractivity contribution >= 4 is 11.1 Å². The summed E-state index contributed by atoms with van der Waals surface area (Å²) in [4.78, 5) is 0. The van der Waals surface area contributed by atoms with Crippen LogP contribution in [0.1, 0.15) is 103 Å². The SMILES string of the molecule is C=C/C(=C(C)\C=C/C)c1ccc(C(/C=C\C(=C)OC2CCC2)=C/C)cc1C.CC.COCCCCCOC(CC1CNC1)C(C)(F)F. The molecule has 1 N–H and O–H groups in total. The predicted molar refractivity (Wildman–Crippen MR) is 198 cm³/mol. The van der Waals surface area contributed by atoms with Crippen molar-refractivity contribution in [1.82, 2.24) is 5.32 Å². The van der Waals surface area contributed by atoms with Crippen LogP contribution in [0.15, 0.2) is 79.1 Å². The van der Waals surface area contributed by atoms with Gasteiger partial charge in [-0.25, -0.2) is 8.78 Å². The van der Waals surface area contributed by atoms with E-state index in [0.29, 0.717) is 25.0 Å². The van der Waals surface area contributed by atoms with Crippen molar-refractivity contribution in [1.29, 1.82) is 0 Å². The fourth-order valence-electron chi connectivity index (χ4n) is 5.24. The largest absolute Gasteiger partial charge is 0.491 e. The molecule has 1 unspecified atom stereocenters. The van der Waals surface area contributed by atoms with Crippen LogP contribution in [0.25, 0.3) is 11.1 Å². The standard InChI is InChI=1S/C26H32O.C13H25F2NO2.C2H6/c1-7-11-19(4)25(9-3)26-17-16-23(18-20(26)5)22(8-2)15-14-21(6)27-24-12-10-13-24;1-13(14,15)12(8-11-9-16-10-11)18-7-5-3-4-6-17-2;1-2/h7-9,11,14-18,24H,3,6,10,12-13H2,1-2,4-5H3;11-12,16H,3-10H2,1-2H3;1-2H3/b11-7-,15-14-,22-8+,25-19+;;. The average Bonchev–Trinajstić information content (AvgIpc) is 3.00. The van der Waals surface area contributed by atoms with Gasteiger partial charge in [0.15, 0.2) is 0 Å². The molecule has 1 aliphatic heterocycles. The Morgan fingerprint density at radius 3 is 2.23 bits per heavy atom. The Bertz CT molecular complexity index is 1180. The lowest BCUT2D eigenvalue weighted by molar-refractivity contribution is -0.135. The number of nitrogens with one attached hydrogen (secondary N) is 1. The molecule has 2 aliphatic rings. The second-order valence-corrected chi connectivity index (χ2v) is 12.2. The quantitative estimate of drug-likeness (QED) is 0.0970. The lowest BCUT2D eigenvalue weighted by Gasteiger charge is -2.33. The van der Waals surface area contributed by atoms with Gasteiger partial charge in [0, 0.05) is 27.2 Å². The van der Waals surface area contributed by atoms with E-state index in [1.807, 2.05) is 32.9 Å². The number of allylic oxidation sites excluding steroid dienone is 9. The van der Waals surface area contributed by atoms with E-state index >= 15 is 0 Å². The van der Waals surface area contributed by atoms with Crippen LogP contribution in [-0.2, 0) is 14.2 Å². The third kappa shape index (κ3) is 15.8. The van der Waals surface area contributed by atoms with Gasteiger partial charge in [0.2, 0.25) is 0 Å². The first-order valence-electron chi connectivity index (χ1n) is 17.5. The predicted octanol–water partition coefficient (Wildman–Crippen LogP) is 11.1. The molecule has 1 aromatic carbocycles. The third-order valence-corrected chi connectivity index (χ3v) is 8.32. The molecule has 0 spiro atoms. The van der Waals surface area contributed by atoms with E-state index in [2.05, 4.69) is 81.7 Å². The number of hydrogen-bond acceptors (Lipinski definition) is 4. The molecular weight excluding hydrogens is 592 g/mol. The highest BCUT2D eigenvalue weighted by Gasteiger charge is 2.37. The summed E-state index contributed by atoms with van der Waals surface area (Å²) in [5, 5.41) is 3.09. The summed E-state index contributed by atoms with van der Waals surface area (Å²) in [6, 6.07) is 6.59. The second kappa shape index (κ2) is 23.5. The first-order valence-corrected chi connectivity index (χ1v) is 17.5. The number of hydrogen-bond donors (Lipinski definition) is 1. The Hall–Kier alpha value is -2.80. The molecule has 0 bridgehead atoms. The number of halogens is 2. The molecule has 264 valence electrons. The molecule has 4 nitrogen and oxygen atoms in total. The Kier molecular flexibility index (Phi) is 21.1. The van der Waals surface area contributed by atoms with Crippen molar-refractivity contribution in [2.45, 2.75) is 112 Å². The number of ether oxygens (including phenoxy) is 3. The summed E-state index contributed by atoms with van der Waals surface area (Å²) < 4.78 is 42.9. The number of rotatable bonds is 18. The fraction of sp³-hybridized carbons (Fsp3) is 0.561. The number of alkyl halides is 2. The normalized spacial score (nSPS) is 16.7. The maximum atomic E-state index is 13.4. The highest BCUT2D eigenvalue weighted by molar-refractivity contribution is 5.82. The first-order chi connectivity index (χ1) is 22.5. The van der Waals surface area contributed by atoms with E-state index in [0.717, 1.165) is 70.1 Å². The molecule has 1 aliphatic carbocycles. The van der Waals surface area contributed by atoms with Crippen molar-refractivity contribution in [2.24, 2.45) is 5.92 Å². The lowest BCUT2D eigenvalue weighted by Crippen LogP contribution is -2.46. The summed E-state index contributed by atoms with van der Waals surface area (Å²) in [5.41, 5.74) is 7.22. The summed E-state index contributed by atoms with van der Waals surface area (Å²) in [6.45, 7) is 24.2. The van der Waals surface area contributed by atoms with Crippen LogP contribution < -0.4 is 5.32 Å². The van der Waals surface area contributed by atoms with Gasteiger partial charge in [-0.15, -0.1) is 0 Å². The first kappa shape index (κ1) is 42.2. The monoisotopic (exact) mass is 655 g/mol. The zero-order chi connectivity index (χ0) is 35.2. The number of aryl methyl sites for hydroxylation is 1. The average molecular weight is 656 g/mol. The van der Waals surface area contributed by atoms with Crippen molar-refractivity contribution in [3.05, 3.63) is 95.8 Å². The van der Waals surface area contributed by atoms with E-state index in [-0.39, 0.29) is 0 Å². The molecule has 0 radical (unpaired) electrons. The van der Waals surface area contributed by atoms with Gasteiger partial charge in [0.1, 0.15) is 11.9 Å². The van der Waals surface area contributed by atoms with Gasteiger partial charge in [-0.2, -0.15) is 0 Å². The molecule has 0 amide bonds. The minimum Gasteiger partial charge on any atom is -0.491 e. The molecule has 1 aromatic rings. The van der Waals surface area contributed by atoms with Gasteiger partial charge < -0.3 is 19.5 Å². The smallest absolute Gasteiger partial charge is 0.271 e. The lowest BCUT2D eigenvalue weighted by atomic mass is 9.93. The minimum atomic E-state index is -2.75. The Morgan fingerprint density at radius 2 is 1.74 bits per heavy atom. The molecule has 47 heavy (non-hydrogen) atoms. The minimum absolute atomic E-state index is 0.342. The summed E-state index contributed by atoms with van der Waals surface area (Å²) in [7, 11) is 1.66. The zero-order valence-corrected chi connectivity index (χ0v) is 30.6. The van der Waals surface area contributed by atoms with Crippen LogP contribution in [0, 0.1) is 12.8 Å². The van der Waals surface area contributed by atoms with Crippen molar-refractivity contribution < 1.29 is 23.0 Å². The highest BCUT2D eigenvalue weighted by atomic mass is 19.3. The van der Waals surface area contributed by atoms with Crippen LogP contribution in [0.5, 0.6) is 0 Å². The van der Waals surface area contributed by atoms with Gasteiger partial charge in [-0.05, 0) is 131 Å². The Balaban J connectivity index is 0.000000480. The van der Waals surface area contributed by atoms with Gasteiger partial charge in [-0.1, -0.05) is 75.6 Å². The second-order valence-electron chi connectivity index (χ2n) is 12.2. The third-order valence-electron chi connectivity index (χ3n) is 8.32. The van der Waals surface area contributed by atoms with Crippen molar-refractivity contribution in [2.75, 3.05) is 33.4 Å². The van der Waals surface area contributed by atoms with E-state index in [9.17, 15) is 8.78 Å². The van der Waals surface area contributed by atoms with E-state index in [1.54, 1.807) is 7.11 Å². The molecule has 1 atom stereocenters. The van der Waals surface area contributed by atoms with Crippen LogP contribution in [0.2, 0.25) is 0 Å². The molecule has 1 heterocycles. The van der Waals surface area contributed by atoms with Gasteiger partial charge in [0.05, 0.1) is 6.10 Å². The van der Waals surface area contributed by atoms with Crippen LogP contribution >= 0.6 is 0 Å². The molecule has 6 heteroatoms. The van der Waals surface area contributed by atoms with E-state index < -0.39 is 12.0 Å². The van der Waals surface area contributed by atoms with E-state index in [4.69, 9.17) is 14.2 Å². The molecular formula is C41H63F2NO3. The fourth-order valence-corrected chi connectivity index (χ4v) is 5.24. The molecule has 3 rings (SSSR count). The van der Waals surface area contributed by atoms with Crippen LogP contribution in [0.3, 0.4) is 0 Å². The summed E-state index contributed by atoms with van der Waals surface area (Å²) in [5.74, 6) is -1.66. The Morgan fingerprint density at radius 1 is 1.06 bits per heavy atom. The van der Waals surface area contributed by atoms with Crippen LogP contribution in [-0.4, -0.2) is 51.5 Å². The molecule has 0 aromatic heterocycles. The van der Waals surface area contributed by atoms with Crippen molar-refractivity contribution in [3.63, 3.8) is 0 Å². The van der Waals surface area contributed by atoms with Crippen molar-refractivity contribution in [3.8, 4) is 0 Å². The molecule has 2 fully saturated rings. The maximum absolute atomic E-state index is 13.4. The highest BCUT2D eigenvalue weighted by Crippen LogP contribution is 2.29. The topological polar surface area (TPSA) is 39.7 Å². The van der Waals surface area contributed by atoms with E-state index in [1.165, 1.54) is 34.3 Å². The van der Waals surface area contributed by atoms with Gasteiger partial charge in [0.25, 0.3) is 5.92 Å². The number of unbranched alkanes of at least 4 members (excludes halogenated alkanes) is 2. The molecule has 1 saturated carbocycles. The Labute approximate surface area is 285 Å². The zero-order valence-electron chi connectivity index (χ0n) is 30.6. The number of benzene rings is 1. The number of methoxy groups -OCH3 is 1. The van der Waals surface area contributed by atoms with Gasteiger partial charge >= 0.3 is 0 Å². The maximum Gasteiger partial charge on any atom is 0.271 e. The molecule has 1 saturated heterocycles. The summed E-state index contributed by atoms with van der Waals surface area (Å²) in [6.07, 6.45) is 18.5. The van der Waals surface area contributed by atoms with Crippen LogP contribution in [0.4, 0.5) is 8.78 Å².